The number of fused-ring (bicyclic) bond motifs is 1. The van der Waals surface area contributed by atoms with Crippen LogP contribution in [0.4, 0.5) is 0 Å². The van der Waals surface area contributed by atoms with Crippen LogP contribution in [0.15, 0.2) is 48.9 Å². The monoisotopic (exact) mass is 346 g/mol. The summed E-state index contributed by atoms with van der Waals surface area (Å²) in [6.07, 6.45) is 5.67. The first kappa shape index (κ1) is 16.4. The Labute approximate surface area is 152 Å². The number of benzene rings is 1. The van der Waals surface area contributed by atoms with Gasteiger partial charge < -0.3 is 4.57 Å². The summed E-state index contributed by atoms with van der Waals surface area (Å²) in [5.41, 5.74) is 1.86. The molecule has 0 radical (unpaired) electrons. The number of nitrogens with zero attached hydrogens (tertiary/aromatic N) is 6. The van der Waals surface area contributed by atoms with Crippen molar-refractivity contribution in [3.8, 4) is 5.69 Å². The van der Waals surface area contributed by atoms with E-state index in [0.29, 0.717) is 5.92 Å². The predicted octanol–water partition coefficient (Wildman–Crippen LogP) is 4.05. The molecular weight excluding hydrogens is 324 g/mol. The van der Waals surface area contributed by atoms with Crippen LogP contribution >= 0.6 is 0 Å². The van der Waals surface area contributed by atoms with Gasteiger partial charge in [0.25, 0.3) is 0 Å². The van der Waals surface area contributed by atoms with E-state index >= 15 is 0 Å². The van der Waals surface area contributed by atoms with Crippen molar-refractivity contribution in [1.29, 1.82) is 0 Å². The molecule has 0 spiro atoms. The fraction of sp³-hybridized carbons (Fsp3) is 0.300. The van der Waals surface area contributed by atoms with Crippen molar-refractivity contribution in [2.45, 2.75) is 39.7 Å². The van der Waals surface area contributed by atoms with Crippen LogP contribution in [0.5, 0.6) is 0 Å². The summed E-state index contributed by atoms with van der Waals surface area (Å²) < 4.78 is 4.09. The highest BCUT2D eigenvalue weighted by Gasteiger charge is 2.22. The van der Waals surface area contributed by atoms with Crippen LogP contribution in [0.25, 0.3) is 16.6 Å². The van der Waals surface area contributed by atoms with E-state index in [4.69, 9.17) is 4.98 Å². The minimum atomic E-state index is 0.00932. The predicted molar refractivity (Wildman–Crippen MR) is 102 cm³/mol. The lowest BCUT2D eigenvalue weighted by Crippen LogP contribution is -2.16. The Morgan fingerprint density at radius 2 is 1.73 bits per heavy atom. The third-order valence-electron chi connectivity index (χ3n) is 4.58. The summed E-state index contributed by atoms with van der Waals surface area (Å²) in [4.78, 5) is 13.8. The van der Waals surface area contributed by atoms with Gasteiger partial charge in [-0.05, 0) is 26.0 Å². The summed E-state index contributed by atoms with van der Waals surface area (Å²) in [6, 6.07) is 10.1. The van der Waals surface area contributed by atoms with Crippen LogP contribution in [-0.4, -0.2) is 29.3 Å². The van der Waals surface area contributed by atoms with Gasteiger partial charge in [-0.3, -0.25) is 4.98 Å². The molecule has 132 valence electrons. The minimum absolute atomic E-state index is 0.00932. The zero-order valence-corrected chi connectivity index (χ0v) is 15.5. The van der Waals surface area contributed by atoms with Crippen LogP contribution in [-0.2, 0) is 0 Å². The zero-order chi connectivity index (χ0) is 18.3. The second-order valence-corrected chi connectivity index (χ2v) is 6.80. The second-order valence-electron chi connectivity index (χ2n) is 6.80. The molecule has 6 heteroatoms. The molecule has 4 aromatic rings. The van der Waals surface area contributed by atoms with Crippen molar-refractivity contribution in [2.75, 3.05) is 0 Å². The maximum Gasteiger partial charge on any atom is 0.155 e. The van der Waals surface area contributed by atoms with Crippen LogP contribution in [0, 0.1) is 6.92 Å². The van der Waals surface area contributed by atoms with Gasteiger partial charge in [-0.1, -0.05) is 32.0 Å². The third-order valence-corrected chi connectivity index (χ3v) is 4.58. The molecule has 0 amide bonds. The molecule has 0 fully saturated rings. The molecule has 0 aliphatic rings. The average Bonchev–Trinajstić information content (AvgIpc) is 3.27. The molecule has 4 rings (SSSR count). The van der Waals surface area contributed by atoms with Crippen LogP contribution in [0.3, 0.4) is 0 Å². The van der Waals surface area contributed by atoms with Crippen LogP contribution in [0.1, 0.15) is 50.2 Å². The largest absolute Gasteiger partial charge is 0.324 e. The van der Waals surface area contributed by atoms with Gasteiger partial charge in [-0.15, -0.1) is 0 Å². The first-order chi connectivity index (χ1) is 12.6. The lowest BCUT2D eigenvalue weighted by atomic mass is 10.1. The molecule has 26 heavy (non-hydrogen) atoms. The summed E-state index contributed by atoms with van der Waals surface area (Å²) in [7, 11) is 0. The van der Waals surface area contributed by atoms with Gasteiger partial charge in [0.15, 0.2) is 5.82 Å². The number of aromatic nitrogens is 6. The number of pyridine rings is 1. The fourth-order valence-electron chi connectivity index (χ4n) is 3.36. The average molecular weight is 346 g/mol. The molecular formula is C20H22N6. The highest BCUT2D eigenvalue weighted by Crippen LogP contribution is 2.26. The Morgan fingerprint density at radius 3 is 2.54 bits per heavy atom. The second kappa shape index (κ2) is 6.37. The van der Waals surface area contributed by atoms with E-state index in [1.54, 1.807) is 0 Å². The standard InChI is InChI=1S/C20H22N6/c1-13(2)19-22-11-12-25(19)14(3)20-23-15(4)24-26(20)17-9-5-7-16-8-6-10-21-18(16)17/h5-14H,1-4H3/t14-/m0/s1. The van der Waals surface area contributed by atoms with E-state index in [1.165, 1.54) is 0 Å². The van der Waals surface area contributed by atoms with Crippen molar-refractivity contribution < 1.29 is 0 Å². The number of imidazole rings is 1. The van der Waals surface area contributed by atoms with Crippen LogP contribution in [0.2, 0.25) is 0 Å². The number of hydrogen-bond donors (Lipinski definition) is 0. The van der Waals surface area contributed by atoms with Crippen molar-refractivity contribution in [3.05, 3.63) is 66.4 Å². The Morgan fingerprint density at radius 1 is 0.923 bits per heavy atom. The van der Waals surface area contributed by atoms with Crippen molar-refractivity contribution in [2.24, 2.45) is 0 Å². The van der Waals surface area contributed by atoms with E-state index < -0.39 is 0 Å². The summed E-state index contributed by atoms with van der Waals surface area (Å²) in [5, 5.41) is 5.75. The summed E-state index contributed by atoms with van der Waals surface area (Å²) in [6.45, 7) is 8.35. The lowest BCUT2D eigenvalue weighted by molar-refractivity contribution is 0.539. The van der Waals surface area contributed by atoms with Gasteiger partial charge in [0, 0.05) is 29.9 Å². The van der Waals surface area contributed by atoms with Gasteiger partial charge in [0.2, 0.25) is 0 Å². The van der Waals surface area contributed by atoms with Crippen LogP contribution < -0.4 is 0 Å². The smallest absolute Gasteiger partial charge is 0.155 e. The summed E-state index contributed by atoms with van der Waals surface area (Å²) in [5.74, 6) is 3.00. The molecule has 3 heterocycles. The minimum Gasteiger partial charge on any atom is -0.324 e. The Bertz CT molecular complexity index is 1050. The van der Waals surface area contributed by atoms with E-state index in [-0.39, 0.29) is 6.04 Å². The Balaban J connectivity index is 1.89. The molecule has 0 bridgehead atoms. The van der Waals surface area contributed by atoms with Crippen molar-refractivity contribution in [1.82, 2.24) is 29.3 Å². The van der Waals surface area contributed by atoms with Gasteiger partial charge >= 0.3 is 0 Å². The highest BCUT2D eigenvalue weighted by atomic mass is 15.4. The maximum atomic E-state index is 4.73. The molecule has 0 unspecified atom stereocenters. The number of hydrogen-bond acceptors (Lipinski definition) is 4. The quantitative estimate of drug-likeness (QED) is 0.559. The first-order valence-corrected chi connectivity index (χ1v) is 8.86. The highest BCUT2D eigenvalue weighted by molar-refractivity contribution is 5.86. The Kier molecular flexibility index (Phi) is 4.03. The van der Waals surface area contributed by atoms with Crippen molar-refractivity contribution >= 4 is 10.9 Å². The van der Waals surface area contributed by atoms with Gasteiger partial charge in [-0.25, -0.2) is 14.6 Å². The Hall–Kier alpha value is -3.02. The molecule has 0 saturated carbocycles. The van der Waals surface area contributed by atoms with E-state index in [0.717, 1.165) is 34.1 Å². The fourth-order valence-corrected chi connectivity index (χ4v) is 3.36. The SMILES string of the molecule is Cc1nc([C@H](C)n2ccnc2C(C)C)n(-c2cccc3cccnc23)n1. The third kappa shape index (κ3) is 2.67. The molecule has 1 aromatic carbocycles. The topological polar surface area (TPSA) is 61.4 Å². The van der Waals surface area contributed by atoms with Gasteiger partial charge in [0.1, 0.15) is 11.6 Å². The van der Waals surface area contributed by atoms with E-state index in [2.05, 4.69) is 52.5 Å². The lowest BCUT2D eigenvalue weighted by Gasteiger charge is -2.18. The number of para-hydroxylation sites is 1. The zero-order valence-electron chi connectivity index (χ0n) is 15.5. The molecule has 0 aliphatic heterocycles. The summed E-state index contributed by atoms with van der Waals surface area (Å²) >= 11 is 0. The molecule has 3 aromatic heterocycles. The van der Waals surface area contributed by atoms with E-state index in [1.807, 2.05) is 48.4 Å². The molecule has 1 atom stereocenters. The van der Waals surface area contributed by atoms with Gasteiger partial charge in [0.05, 0.1) is 17.2 Å². The van der Waals surface area contributed by atoms with Gasteiger partial charge in [-0.2, -0.15) is 5.10 Å². The molecule has 0 N–H and O–H groups in total. The molecule has 6 nitrogen and oxygen atoms in total. The maximum absolute atomic E-state index is 4.73. The first-order valence-electron chi connectivity index (χ1n) is 8.86. The number of aryl methyl sites for hydroxylation is 1. The molecule has 0 aliphatic carbocycles. The van der Waals surface area contributed by atoms with Crippen molar-refractivity contribution in [3.63, 3.8) is 0 Å². The normalized spacial score (nSPS) is 12.8. The number of rotatable bonds is 4. The van der Waals surface area contributed by atoms with E-state index in [9.17, 15) is 0 Å². The molecule has 0 saturated heterocycles.